The molecule has 14 N–H and O–H groups in total. The monoisotopic (exact) mass is 1180 g/mol. The molecule has 0 aromatic heterocycles. The number of allylic oxidation sites excluding steroid dienone is 1. The summed E-state index contributed by atoms with van der Waals surface area (Å²) in [4.78, 5) is 38.4. The first kappa shape index (κ1) is 73.7. The number of aliphatic hydroxyl groups is 11. The number of ether oxygens (including phenoxy) is 6. The average Bonchev–Trinajstić information content (AvgIpc) is 3.65. The molecule has 2 amide bonds. The maximum atomic E-state index is 13.4. The molecule has 23 nitrogen and oxygen atoms in total. The Morgan fingerprint density at radius 3 is 1.62 bits per heavy atom. The van der Waals surface area contributed by atoms with Gasteiger partial charge in [-0.2, -0.15) is 0 Å². The lowest BCUT2D eigenvalue weighted by Gasteiger charge is -2.50. The Labute approximate surface area is 486 Å². The third-order valence-corrected chi connectivity index (χ3v) is 16.0. The lowest BCUT2D eigenvalue weighted by Crippen LogP contribution is -2.70. The smallest absolute Gasteiger partial charge is 0.364 e. The Bertz CT molecular complexity index is 1740. The molecule has 0 bridgehead atoms. The number of hydrogen-bond donors (Lipinski definition) is 14. The molecule has 3 fully saturated rings. The number of aliphatic carboxylic acids is 1. The summed E-state index contributed by atoms with van der Waals surface area (Å²) in [6.07, 6.45) is 5.61. The summed E-state index contributed by atoms with van der Waals surface area (Å²) in [6, 6.07) is -2.61. The summed E-state index contributed by atoms with van der Waals surface area (Å²) in [6.45, 7) is 2.10. The van der Waals surface area contributed by atoms with Crippen LogP contribution in [-0.4, -0.2) is 215 Å². The van der Waals surface area contributed by atoms with Crippen LogP contribution in [0.3, 0.4) is 0 Å². The minimum Gasteiger partial charge on any atom is -0.477 e. The van der Waals surface area contributed by atoms with Crippen LogP contribution in [0.15, 0.2) is 12.2 Å². The van der Waals surface area contributed by atoms with Gasteiger partial charge in [0.2, 0.25) is 11.8 Å². The largest absolute Gasteiger partial charge is 0.477 e. The molecule has 82 heavy (non-hydrogen) atoms. The van der Waals surface area contributed by atoms with E-state index in [1.807, 2.05) is 6.08 Å². The van der Waals surface area contributed by atoms with Crippen LogP contribution in [0.4, 0.5) is 0 Å². The maximum absolute atomic E-state index is 13.4. The van der Waals surface area contributed by atoms with Crippen LogP contribution in [0.5, 0.6) is 0 Å². The zero-order chi connectivity index (χ0) is 60.5. The molecule has 0 aromatic rings. The lowest BCUT2D eigenvalue weighted by atomic mass is 9.88. The van der Waals surface area contributed by atoms with Gasteiger partial charge in [-0.05, 0) is 19.3 Å². The van der Waals surface area contributed by atoms with Crippen LogP contribution in [0, 0.1) is 0 Å². The van der Waals surface area contributed by atoms with Crippen LogP contribution in [0.2, 0.25) is 0 Å². The first-order chi connectivity index (χ1) is 39.4. The van der Waals surface area contributed by atoms with Crippen LogP contribution in [0.1, 0.15) is 207 Å². The number of amides is 2. The molecule has 18 atom stereocenters. The van der Waals surface area contributed by atoms with Crippen molar-refractivity contribution in [3.63, 3.8) is 0 Å². The number of aliphatic hydroxyl groups excluding tert-OH is 11. The third-order valence-electron chi connectivity index (χ3n) is 16.0. The Hall–Kier alpha value is -2.53. The first-order valence-electron chi connectivity index (χ1n) is 31.1. The minimum absolute atomic E-state index is 0.204. The molecule has 3 saturated heterocycles. The fourth-order valence-corrected chi connectivity index (χ4v) is 10.9. The number of hydrogen-bond acceptors (Lipinski definition) is 20. The highest BCUT2D eigenvalue weighted by Crippen LogP contribution is 2.38. The van der Waals surface area contributed by atoms with Gasteiger partial charge in [0, 0.05) is 19.8 Å². The summed E-state index contributed by atoms with van der Waals surface area (Å²) < 4.78 is 34.7. The quantitative estimate of drug-likeness (QED) is 0.0307. The van der Waals surface area contributed by atoms with Gasteiger partial charge < -0.3 is 100 Å². The van der Waals surface area contributed by atoms with E-state index in [-0.39, 0.29) is 12.3 Å². The van der Waals surface area contributed by atoms with Crippen molar-refractivity contribution in [2.75, 3.05) is 26.4 Å². The molecular formula is C59H108N2O21. The molecule has 0 aromatic carbocycles. The number of nitrogens with one attached hydrogen (secondary N) is 2. The second kappa shape index (κ2) is 41.5. The molecule has 23 heteroatoms. The van der Waals surface area contributed by atoms with E-state index in [0.29, 0.717) is 12.8 Å². The van der Waals surface area contributed by atoms with Crippen molar-refractivity contribution in [3.05, 3.63) is 12.2 Å². The number of carboxylic acid groups (broad SMARTS) is 1. The fraction of sp³-hybridized carbons (Fsp3) is 0.915. The Morgan fingerprint density at radius 2 is 1.13 bits per heavy atom. The normalized spacial score (nSPS) is 30.2. The van der Waals surface area contributed by atoms with Crippen LogP contribution in [-0.2, 0) is 42.8 Å². The Kier molecular flexibility index (Phi) is 37.4. The van der Waals surface area contributed by atoms with Gasteiger partial charge in [-0.1, -0.05) is 180 Å². The molecule has 3 aliphatic heterocycles. The van der Waals surface area contributed by atoms with Crippen molar-refractivity contribution < 1.29 is 104 Å². The summed E-state index contributed by atoms with van der Waals surface area (Å²) in [7, 11) is 0. The van der Waals surface area contributed by atoms with Gasteiger partial charge in [0.1, 0.15) is 67.1 Å². The predicted octanol–water partition coefficient (Wildman–Crippen LogP) is 3.17. The standard InChI is InChI=1S/C59H108N2O21/c1-4-6-8-10-12-14-16-18-19-21-23-25-27-29-31-33-46(69)61-40(41(66)32-30-28-26-24-22-20-17-15-13-11-9-7-5-2)38-77-56-51(73)50(72)53(45(37-64)79-56)80-57-52(74)55(49(71)44(36-63)78-57)82-59(58(75)76)34-42(67)47(60-39(3)65)54(81-59)48(70)43(68)35-62/h30,32,40-45,47-57,62-64,66-68,70-74H,4-29,31,33-38H2,1-3H3,(H,60,65)(H,61,69)(H,75,76). The van der Waals surface area contributed by atoms with Crippen molar-refractivity contribution in [3.8, 4) is 0 Å². The number of carbonyl (C=O) groups excluding carboxylic acids is 2. The van der Waals surface area contributed by atoms with Crippen LogP contribution >= 0.6 is 0 Å². The summed E-state index contributed by atoms with van der Waals surface area (Å²) in [5.41, 5.74) is 0. The van der Waals surface area contributed by atoms with Crippen LogP contribution < -0.4 is 10.6 Å². The van der Waals surface area contributed by atoms with Gasteiger partial charge in [0.05, 0.1) is 50.7 Å². The van der Waals surface area contributed by atoms with E-state index in [1.165, 1.54) is 116 Å². The Morgan fingerprint density at radius 1 is 0.634 bits per heavy atom. The SMILES string of the molecule is CCCCCCCCCCCCCC=CC(O)C(COC1OC(CO)C(OC2OC(CO)C(O)C(OC3(C(=O)O)CC(O)C(NC(C)=O)C(C(O)C(O)CO)O3)C2O)C(O)C1O)NC(=O)CCCCCCCCCCCCCCCCC. The molecule has 480 valence electrons. The second-order valence-corrected chi connectivity index (χ2v) is 22.9. The molecule has 18 unspecified atom stereocenters. The lowest BCUT2D eigenvalue weighted by molar-refractivity contribution is -0.386. The van der Waals surface area contributed by atoms with E-state index in [9.17, 15) is 75.7 Å². The number of rotatable bonds is 45. The number of carbonyl (C=O) groups is 3. The first-order valence-corrected chi connectivity index (χ1v) is 31.1. The molecule has 0 radical (unpaired) electrons. The van der Waals surface area contributed by atoms with Gasteiger partial charge in [-0.15, -0.1) is 0 Å². The van der Waals surface area contributed by atoms with E-state index in [2.05, 4.69) is 24.5 Å². The summed E-state index contributed by atoms with van der Waals surface area (Å²) >= 11 is 0. The zero-order valence-corrected chi connectivity index (χ0v) is 49.3. The van der Waals surface area contributed by atoms with Gasteiger partial charge in [0.25, 0.3) is 5.79 Å². The van der Waals surface area contributed by atoms with Crippen molar-refractivity contribution in [1.82, 2.24) is 10.6 Å². The molecular weight excluding hydrogens is 1070 g/mol. The van der Waals surface area contributed by atoms with Crippen molar-refractivity contribution >= 4 is 17.8 Å². The highest BCUT2D eigenvalue weighted by atomic mass is 16.8. The van der Waals surface area contributed by atoms with Crippen molar-refractivity contribution in [1.29, 1.82) is 0 Å². The van der Waals surface area contributed by atoms with Gasteiger partial charge in [-0.25, -0.2) is 4.79 Å². The van der Waals surface area contributed by atoms with Gasteiger partial charge >= 0.3 is 5.97 Å². The van der Waals surface area contributed by atoms with Gasteiger partial charge in [0.15, 0.2) is 12.6 Å². The maximum Gasteiger partial charge on any atom is 0.364 e. The summed E-state index contributed by atoms with van der Waals surface area (Å²) in [5, 5.41) is 135. The van der Waals surface area contributed by atoms with Gasteiger partial charge in [-0.3, -0.25) is 9.59 Å². The van der Waals surface area contributed by atoms with E-state index in [1.54, 1.807) is 6.08 Å². The second-order valence-electron chi connectivity index (χ2n) is 22.9. The molecule has 0 aliphatic carbocycles. The highest BCUT2D eigenvalue weighted by molar-refractivity contribution is 5.77. The average molecular weight is 1180 g/mol. The topological polar surface area (TPSA) is 373 Å². The Balaban J connectivity index is 1.67. The van der Waals surface area contributed by atoms with E-state index < -0.39 is 155 Å². The summed E-state index contributed by atoms with van der Waals surface area (Å²) in [5.74, 6) is -6.14. The van der Waals surface area contributed by atoms with Crippen molar-refractivity contribution in [2.24, 2.45) is 0 Å². The predicted molar refractivity (Wildman–Crippen MR) is 301 cm³/mol. The number of unbranched alkanes of at least 4 members (excludes halogenated alkanes) is 25. The number of carboxylic acids is 1. The molecule has 0 saturated carbocycles. The van der Waals surface area contributed by atoms with E-state index in [0.717, 1.165) is 51.9 Å². The van der Waals surface area contributed by atoms with Crippen LogP contribution in [0.25, 0.3) is 0 Å². The highest BCUT2D eigenvalue weighted by Gasteiger charge is 2.60. The third kappa shape index (κ3) is 25.4. The molecule has 3 rings (SSSR count). The van der Waals surface area contributed by atoms with E-state index in [4.69, 9.17) is 28.4 Å². The zero-order valence-electron chi connectivity index (χ0n) is 49.3. The van der Waals surface area contributed by atoms with E-state index >= 15 is 0 Å². The molecule has 3 aliphatic rings. The minimum atomic E-state index is -3.08. The van der Waals surface area contributed by atoms with Crippen molar-refractivity contribution in [2.45, 2.75) is 317 Å². The molecule has 3 heterocycles. The fourth-order valence-electron chi connectivity index (χ4n) is 10.9. The molecule has 0 spiro atoms.